The number of nitrogens with zero attached hydrogens (tertiary/aromatic N) is 3. The first-order valence-corrected chi connectivity index (χ1v) is 9.20. The van der Waals surface area contributed by atoms with Crippen molar-refractivity contribution in [2.45, 2.75) is 20.8 Å². The van der Waals surface area contributed by atoms with Gasteiger partial charge < -0.3 is 9.47 Å². The van der Waals surface area contributed by atoms with E-state index in [1.165, 1.54) is 0 Å². The number of carbonyl (C=O) groups is 2. The van der Waals surface area contributed by atoms with Gasteiger partial charge in [0.05, 0.1) is 6.54 Å². The minimum Gasteiger partial charge on any atom is -0.340 e. The molecule has 1 saturated heterocycles. The minimum atomic E-state index is 0.0982. The van der Waals surface area contributed by atoms with Gasteiger partial charge in [-0.15, -0.1) is 0 Å². The third kappa shape index (κ3) is 3.84. The quantitative estimate of drug-likeness (QED) is 0.773. The number of aromatic nitrogens is 1. The molecule has 1 aliphatic rings. The summed E-state index contributed by atoms with van der Waals surface area (Å²) in [4.78, 5) is 28.2. The van der Waals surface area contributed by atoms with Crippen LogP contribution in [-0.4, -0.2) is 58.8 Å². The molecule has 0 saturated carbocycles. The summed E-state index contributed by atoms with van der Waals surface area (Å²) in [6.07, 6.45) is 0. The van der Waals surface area contributed by atoms with Crippen molar-refractivity contribution >= 4 is 23.3 Å². The Kier molecular flexibility index (Phi) is 5.49. The van der Waals surface area contributed by atoms with Crippen molar-refractivity contribution in [3.05, 3.63) is 52.3 Å². The van der Waals surface area contributed by atoms with E-state index in [1.54, 1.807) is 6.92 Å². The molecule has 1 aliphatic heterocycles. The van der Waals surface area contributed by atoms with Gasteiger partial charge >= 0.3 is 0 Å². The van der Waals surface area contributed by atoms with Gasteiger partial charge in [0.25, 0.3) is 0 Å². The lowest BCUT2D eigenvalue weighted by Gasteiger charge is -2.33. The summed E-state index contributed by atoms with van der Waals surface area (Å²) < 4.78 is 2.06. The molecule has 2 aromatic rings. The number of ketones is 1. The van der Waals surface area contributed by atoms with Crippen molar-refractivity contribution in [3.63, 3.8) is 0 Å². The largest absolute Gasteiger partial charge is 0.340 e. The van der Waals surface area contributed by atoms with E-state index in [9.17, 15) is 9.59 Å². The lowest BCUT2D eigenvalue weighted by Crippen LogP contribution is -2.49. The summed E-state index contributed by atoms with van der Waals surface area (Å²) in [5, 5.41) is 0.672. The van der Waals surface area contributed by atoms with E-state index in [-0.39, 0.29) is 11.7 Å². The summed E-state index contributed by atoms with van der Waals surface area (Å²) in [6.45, 7) is 8.77. The van der Waals surface area contributed by atoms with E-state index < -0.39 is 0 Å². The molecule has 26 heavy (non-hydrogen) atoms. The van der Waals surface area contributed by atoms with Crippen LogP contribution in [0.4, 0.5) is 0 Å². The maximum atomic E-state index is 12.9. The Bertz CT molecular complexity index is 836. The van der Waals surface area contributed by atoms with Crippen LogP contribution < -0.4 is 0 Å². The highest BCUT2D eigenvalue weighted by Gasteiger charge is 2.23. The van der Waals surface area contributed by atoms with Crippen LogP contribution in [0.5, 0.6) is 0 Å². The van der Waals surface area contributed by atoms with Gasteiger partial charge in [-0.3, -0.25) is 14.5 Å². The van der Waals surface area contributed by atoms with Crippen LogP contribution in [0.3, 0.4) is 0 Å². The number of piperazine rings is 1. The van der Waals surface area contributed by atoms with Crippen LogP contribution in [0, 0.1) is 13.8 Å². The fourth-order valence-corrected chi connectivity index (χ4v) is 3.75. The first-order chi connectivity index (χ1) is 12.4. The monoisotopic (exact) mass is 373 g/mol. The van der Waals surface area contributed by atoms with Crippen LogP contribution in [0.2, 0.25) is 5.02 Å². The van der Waals surface area contributed by atoms with Gasteiger partial charge in [0, 0.05) is 60.8 Å². The second kappa shape index (κ2) is 7.64. The Balaban J connectivity index is 1.75. The Morgan fingerprint density at radius 2 is 1.77 bits per heavy atom. The molecule has 3 rings (SSSR count). The first-order valence-electron chi connectivity index (χ1n) is 8.83. The van der Waals surface area contributed by atoms with Crippen LogP contribution >= 0.6 is 11.6 Å². The summed E-state index contributed by atoms with van der Waals surface area (Å²) in [5.41, 5.74) is 3.64. The van der Waals surface area contributed by atoms with Crippen molar-refractivity contribution in [1.82, 2.24) is 14.4 Å². The molecule has 0 N–H and O–H groups in total. The molecule has 0 atom stereocenters. The molecule has 0 radical (unpaired) electrons. The van der Waals surface area contributed by atoms with Gasteiger partial charge in [-0.05, 0) is 38.1 Å². The first kappa shape index (κ1) is 18.7. The zero-order chi connectivity index (χ0) is 18.8. The molecule has 0 aliphatic carbocycles. The van der Waals surface area contributed by atoms with Crippen molar-refractivity contribution in [2.75, 3.05) is 32.7 Å². The van der Waals surface area contributed by atoms with Crippen molar-refractivity contribution in [2.24, 2.45) is 0 Å². The Morgan fingerprint density at radius 1 is 1.08 bits per heavy atom. The van der Waals surface area contributed by atoms with E-state index in [0.717, 1.165) is 35.7 Å². The Labute approximate surface area is 159 Å². The lowest BCUT2D eigenvalue weighted by atomic mass is 10.1. The second-order valence-electron chi connectivity index (χ2n) is 6.81. The van der Waals surface area contributed by atoms with Gasteiger partial charge in [0.2, 0.25) is 5.91 Å². The van der Waals surface area contributed by atoms with E-state index in [4.69, 9.17) is 11.6 Å². The Morgan fingerprint density at radius 3 is 2.38 bits per heavy atom. The number of hydrogen-bond donors (Lipinski definition) is 0. The van der Waals surface area contributed by atoms with Gasteiger partial charge in [-0.25, -0.2) is 0 Å². The molecule has 0 spiro atoms. The predicted octanol–water partition coefficient (Wildman–Crippen LogP) is 3.09. The molecule has 1 aromatic carbocycles. The van der Waals surface area contributed by atoms with Crippen molar-refractivity contribution in [3.8, 4) is 5.69 Å². The predicted molar refractivity (Wildman–Crippen MR) is 103 cm³/mol. The van der Waals surface area contributed by atoms with Crippen LogP contribution in [0.1, 0.15) is 28.7 Å². The molecule has 0 bridgehead atoms. The van der Waals surface area contributed by atoms with Crippen molar-refractivity contribution < 1.29 is 9.59 Å². The molecular weight excluding hydrogens is 350 g/mol. The van der Waals surface area contributed by atoms with Gasteiger partial charge in [0.15, 0.2) is 5.78 Å². The number of carbonyl (C=O) groups excluding carboxylic acids is 2. The zero-order valence-corrected chi connectivity index (χ0v) is 16.2. The molecule has 1 aromatic heterocycles. The van der Waals surface area contributed by atoms with Crippen LogP contribution in [-0.2, 0) is 4.79 Å². The number of hydrogen-bond acceptors (Lipinski definition) is 3. The SMILES string of the molecule is CC(=O)N1CCN(CC(=O)c2cc(C)n(-c3cccc(Cl)c3)c2C)CC1. The number of benzene rings is 1. The highest BCUT2D eigenvalue weighted by atomic mass is 35.5. The molecule has 0 unspecified atom stereocenters. The van der Waals surface area contributed by atoms with E-state index in [2.05, 4.69) is 9.47 Å². The third-order valence-corrected chi connectivity index (χ3v) is 5.22. The highest BCUT2D eigenvalue weighted by molar-refractivity contribution is 6.30. The fraction of sp³-hybridized carbons (Fsp3) is 0.400. The molecular formula is C20H24ClN3O2. The normalized spacial score (nSPS) is 15.3. The zero-order valence-electron chi connectivity index (χ0n) is 15.5. The van der Waals surface area contributed by atoms with E-state index in [1.807, 2.05) is 49.1 Å². The summed E-state index contributed by atoms with van der Waals surface area (Å²) >= 11 is 6.12. The number of halogens is 1. The molecule has 1 fully saturated rings. The van der Waals surface area contributed by atoms with Crippen molar-refractivity contribution in [1.29, 1.82) is 0 Å². The maximum absolute atomic E-state index is 12.9. The smallest absolute Gasteiger partial charge is 0.219 e. The minimum absolute atomic E-state index is 0.0982. The number of amides is 1. The molecule has 5 nitrogen and oxygen atoms in total. The average Bonchev–Trinajstić information content (AvgIpc) is 2.90. The van der Waals surface area contributed by atoms with Gasteiger partial charge in [-0.2, -0.15) is 0 Å². The van der Waals surface area contributed by atoms with E-state index in [0.29, 0.717) is 24.7 Å². The topological polar surface area (TPSA) is 45.6 Å². The fourth-order valence-electron chi connectivity index (χ4n) is 3.57. The van der Waals surface area contributed by atoms with Crippen LogP contribution in [0.25, 0.3) is 5.69 Å². The molecule has 138 valence electrons. The van der Waals surface area contributed by atoms with Crippen LogP contribution in [0.15, 0.2) is 30.3 Å². The molecule has 2 heterocycles. The second-order valence-corrected chi connectivity index (χ2v) is 7.24. The summed E-state index contributed by atoms with van der Waals surface area (Å²) in [5.74, 6) is 0.212. The molecule has 1 amide bonds. The maximum Gasteiger partial charge on any atom is 0.219 e. The van der Waals surface area contributed by atoms with E-state index >= 15 is 0 Å². The highest BCUT2D eigenvalue weighted by Crippen LogP contribution is 2.23. The number of aryl methyl sites for hydroxylation is 1. The number of Topliss-reactive ketones (excluding diaryl/α,β-unsaturated/α-hetero) is 1. The van der Waals surface area contributed by atoms with Gasteiger partial charge in [0.1, 0.15) is 0 Å². The van der Waals surface area contributed by atoms with Gasteiger partial charge in [-0.1, -0.05) is 17.7 Å². The Hall–Kier alpha value is -2.11. The third-order valence-electron chi connectivity index (χ3n) is 4.98. The standard InChI is InChI=1S/C20H24ClN3O2/c1-14-11-19(15(2)24(14)18-6-4-5-17(21)12-18)20(26)13-22-7-9-23(10-8-22)16(3)25/h4-6,11-12H,7-10,13H2,1-3H3. The summed E-state index contributed by atoms with van der Waals surface area (Å²) in [6, 6.07) is 9.58. The summed E-state index contributed by atoms with van der Waals surface area (Å²) in [7, 11) is 0. The lowest BCUT2D eigenvalue weighted by molar-refractivity contribution is -0.130. The average molecular weight is 374 g/mol. The number of rotatable bonds is 4. The molecule has 6 heteroatoms.